The Hall–Kier alpha value is -2.13. The van der Waals surface area contributed by atoms with Crippen LogP contribution < -0.4 is 10.9 Å². The lowest BCUT2D eigenvalue weighted by Crippen LogP contribution is -2.39. The van der Waals surface area contributed by atoms with Gasteiger partial charge in [-0.1, -0.05) is 53.4 Å². The van der Waals surface area contributed by atoms with Gasteiger partial charge in [-0.25, -0.2) is 0 Å². The molecule has 0 aliphatic heterocycles. The molecule has 7 nitrogen and oxygen atoms in total. The molecule has 0 aromatic carbocycles. The van der Waals surface area contributed by atoms with Gasteiger partial charge in [0.25, 0.3) is 0 Å². The Labute approximate surface area is 230 Å². The second-order valence-electron chi connectivity index (χ2n) is 9.02. The predicted molar refractivity (Wildman–Crippen MR) is 163 cm³/mol. The Balaban J connectivity index is 2.96. The number of unbranched alkanes of at least 4 members (excludes halogenated alkanes) is 4. The topological polar surface area (TPSA) is 68.1 Å². The minimum absolute atomic E-state index is 0.658. The predicted octanol–water partition coefficient (Wildman–Crippen LogP) is 6.08. The fourth-order valence-corrected chi connectivity index (χ4v) is 3.99. The molecule has 1 aromatic rings. The van der Waals surface area contributed by atoms with Crippen molar-refractivity contribution in [2.24, 2.45) is 10.2 Å². The molecule has 1 heterocycles. The quantitative estimate of drug-likeness (QED) is 0.152. The Kier molecular flexibility index (Phi) is 16.9. The van der Waals surface area contributed by atoms with Crippen LogP contribution in [0.3, 0.4) is 0 Å². The molecule has 0 radical (unpaired) electrons. The third-order valence-electron chi connectivity index (χ3n) is 5.88. The first kappa shape index (κ1) is 31.9. The van der Waals surface area contributed by atoms with E-state index < -0.39 is 0 Å². The van der Waals surface area contributed by atoms with Crippen molar-refractivity contribution in [3.63, 3.8) is 0 Å². The summed E-state index contributed by atoms with van der Waals surface area (Å²) in [6.45, 7) is 16.4. The molecule has 0 aliphatic carbocycles. The molecule has 1 aromatic heterocycles. The molecule has 0 unspecified atom stereocenters. The number of thiocarbonyl (C=S) groups is 2. The van der Waals surface area contributed by atoms with Crippen LogP contribution in [-0.4, -0.2) is 62.6 Å². The van der Waals surface area contributed by atoms with Crippen LogP contribution in [0.1, 0.15) is 104 Å². The number of rotatable bonds is 16. The van der Waals surface area contributed by atoms with Crippen molar-refractivity contribution in [3.8, 4) is 0 Å². The summed E-state index contributed by atoms with van der Waals surface area (Å²) in [5.41, 5.74) is 9.43. The van der Waals surface area contributed by atoms with Gasteiger partial charge in [0.05, 0.1) is 17.1 Å². The van der Waals surface area contributed by atoms with Gasteiger partial charge < -0.3 is 9.80 Å². The highest BCUT2D eigenvalue weighted by Crippen LogP contribution is 2.09. The molecule has 2 N–H and O–H groups in total. The summed E-state index contributed by atoms with van der Waals surface area (Å²) < 4.78 is 0. The molecule has 0 atom stereocenters. The smallest absolute Gasteiger partial charge is 0.189 e. The highest BCUT2D eigenvalue weighted by Gasteiger charge is 2.13. The second kappa shape index (κ2) is 19.0. The number of nitrogens with zero attached hydrogens (tertiary/aromatic N) is 5. The first-order valence-electron chi connectivity index (χ1n) is 13.5. The lowest BCUT2D eigenvalue weighted by atomic mass is 10.1. The number of nitrogens with one attached hydrogen (secondary N) is 2. The molecular weight excluding hydrogens is 486 g/mol. The normalized spacial score (nSPS) is 11.8. The fourth-order valence-electron chi connectivity index (χ4n) is 3.53. The largest absolute Gasteiger partial charge is 0.348 e. The molecule has 202 valence electrons. The third-order valence-corrected chi connectivity index (χ3v) is 6.58. The van der Waals surface area contributed by atoms with Gasteiger partial charge in [0.2, 0.25) is 0 Å². The second-order valence-corrected chi connectivity index (χ2v) is 9.79. The van der Waals surface area contributed by atoms with E-state index >= 15 is 0 Å². The van der Waals surface area contributed by atoms with Gasteiger partial charge in [0, 0.05) is 37.9 Å². The van der Waals surface area contributed by atoms with Crippen LogP contribution in [0.25, 0.3) is 0 Å². The van der Waals surface area contributed by atoms with E-state index in [1.54, 1.807) is 6.20 Å². The molecule has 0 spiro atoms. The van der Waals surface area contributed by atoms with E-state index in [1.807, 2.05) is 26.0 Å². The number of aromatic nitrogens is 1. The van der Waals surface area contributed by atoms with Crippen molar-refractivity contribution in [3.05, 3.63) is 29.6 Å². The van der Waals surface area contributed by atoms with Crippen molar-refractivity contribution >= 4 is 46.1 Å². The van der Waals surface area contributed by atoms with E-state index in [0.717, 1.165) is 100 Å². The van der Waals surface area contributed by atoms with Crippen molar-refractivity contribution < 1.29 is 0 Å². The van der Waals surface area contributed by atoms with E-state index in [9.17, 15) is 0 Å². The summed E-state index contributed by atoms with van der Waals surface area (Å²) in [6, 6.07) is 3.91. The lowest BCUT2D eigenvalue weighted by molar-refractivity contribution is 0.393. The lowest BCUT2D eigenvalue weighted by Gasteiger charge is -2.24. The van der Waals surface area contributed by atoms with Crippen LogP contribution in [0.5, 0.6) is 0 Å². The fraction of sp³-hybridized carbons (Fsp3) is 0.667. The maximum Gasteiger partial charge on any atom is 0.189 e. The number of pyridine rings is 1. The first-order valence-corrected chi connectivity index (χ1v) is 14.3. The maximum absolute atomic E-state index is 5.65. The molecule has 0 aliphatic rings. The number of hydrazone groups is 2. The average molecular weight is 534 g/mol. The molecule has 36 heavy (non-hydrogen) atoms. The van der Waals surface area contributed by atoms with E-state index in [1.165, 1.54) is 0 Å². The van der Waals surface area contributed by atoms with Crippen molar-refractivity contribution in [1.82, 2.24) is 25.6 Å². The standard InChI is InChI=1S/C27H47N7S2/c1-7-11-18-33(19-12-8-2)26(35)31-29-22(5)24-16-15-17-28-25(24)23(6)30-32-27(36)34(20-13-9-3)21-14-10-4/h15-17H,7-14,18-21H2,1-6H3,(H,31,35)(H,32,36). The Morgan fingerprint density at radius 3 is 1.58 bits per heavy atom. The van der Waals surface area contributed by atoms with Gasteiger partial charge >= 0.3 is 0 Å². The minimum atomic E-state index is 0.658. The van der Waals surface area contributed by atoms with Gasteiger partial charge in [-0.3, -0.25) is 15.8 Å². The number of hydrogen-bond donors (Lipinski definition) is 2. The summed E-state index contributed by atoms with van der Waals surface area (Å²) in [4.78, 5) is 9.00. The van der Waals surface area contributed by atoms with Crippen LogP contribution in [0.15, 0.2) is 28.5 Å². The molecule has 1 rings (SSSR count). The number of hydrogen-bond acceptors (Lipinski definition) is 5. The van der Waals surface area contributed by atoms with E-state index in [0.29, 0.717) is 10.2 Å². The zero-order valence-electron chi connectivity index (χ0n) is 23.3. The van der Waals surface area contributed by atoms with Crippen LogP contribution in [0, 0.1) is 0 Å². The summed E-state index contributed by atoms with van der Waals surface area (Å²) in [6.07, 6.45) is 10.8. The van der Waals surface area contributed by atoms with Crippen LogP contribution >= 0.6 is 24.4 Å². The Morgan fingerprint density at radius 1 is 0.750 bits per heavy atom. The van der Waals surface area contributed by atoms with Crippen LogP contribution in [0.4, 0.5) is 0 Å². The minimum Gasteiger partial charge on any atom is -0.348 e. The summed E-state index contributed by atoms with van der Waals surface area (Å²) in [5, 5.41) is 10.5. The molecule has 9 heteroatoms. The van der Waals surface area contributed by atoms with Gasteiger partial charge in [0.1, 0.15) is 0 Å². The van der Waals surface area contributed by atoms with Gasteiger partial charge in [0.15, 0.2) is 10.2 Å². The molecule has 0 bridgehead atoms. The molecule has 0 amide bonds. The molecular formula is C27H47N7S2. The summed E-state index contributed by atoms with van der Waals surface area (Å²) in [7, 11) is 0. The van der Waals surface area contributed by atoms with E-state index in [2.05, 4.69) is 63.5 Å². The maximum atomic E-state index is 5.65. The molecule has 0 saturated carbocycles. The first-order chi connectivity index (χ1) is 17.4. The van der Waals surface area contributed by atoms with E-state index in [-0.39, 0.29) is 0 Å². The zero-order valence-corrected chi connectivity index (χ0v) is 24.9. The van der Waals surface area contributed by atoms with Crippen LogP contribution in [-0.2, 0) is 0 Å². The molecule has 0 fully saturated rings. The summed E-state index contributed by atoms with van der Waals surface area (Å²) >= 11 is 11.3. The van der Waals surface area contributed by atoms with Gasteiger partial charge in [-0.15, -0.1) is 0 Å². The van der Waals surface area contributed by atoms with Gasteiger partial charge in [-0.05, 0) is 76.1 Å². The van der Waals surface area contributed by atoms with Crippen molar-refractivity contribution in [2.75, 3.05) is 26.2 Å². The SMILES string of the molecule is CCCCN(CCCC)C(=S)NN=C(C)c1cccnc1C(C)=NNC(=S)N(CCCC)CCCC. The van der Waals surface area contributed by atoms with Crippen molar-refractivity contribution in [2.45, 2.75) is 92.9 Å². The Morgan fingerprint density at radius 2 is 1.17 bits per heavy atom. The van der Waals surface area contributed by atoms with Gasteiger partial charge in [-0.2, -0.15) is 10.2 Å². The van der Waals surface area contributed by atoms with Crippen LogP contribution in [0.2, 0.25) is 0 Å². The van der Waals surface area contributed by atoms with E-state index in [4.69, 9.17) is 24.4 Å². The molecule has 0 saturated heterocycles. The van der Waals surface area contributed by atoms with Crippen molar-refractivity contribution in [1.29, 1.82) is 0 Å². The Bertz CT molecular complexity index is 769. The monoisotopic (exact) mass is 533 g/mol. The zero-order chi connectivity index (χ0) is 26.8. The highest BCUT2D eigenvalue weighted by atomic mass is 32.1. The highest BCUT2D eigenvalue weighted by molar-refractivity contribution is 7.80. The average Bonchev–Trinajstić information content (AvgIpc) is 2.90. The third kappa shape index (κ3) is 11.7. The summed E-state index contributed by atoms with van der Waals surface area (Å²) in [5.74, 6) is 0.